The summed E-state index contributed by atoms with van der Waals surface area (Å²) < 4.78 is 0. The molecule has 0 amide bonds. The zero-order chi connectivity index (χ0) is 17.6. The summed E-state index contributed by atoms with van der Waals surface area (Å²) in [5, 5.41) is 19.1. The van der Waals surface area contributed by atoms with E-state index in [9.17, 15) is 24.9 Å². The molecule has 0 aliphatic heterocycles. The molecule has 1 aromatic carbocycles. The van der Waals surface area contributed by atoms with Crippen LogP contribution in [0.5, 0.6) is 0 Å². The molecule has 0 aliphatic carbocycles. The van der Waals surface area contributed by atoms with E-state index in [1.165, 1.54) is 0 Å². The predicted octanol–water partition coefficient (Wildman–Crippen LogP) is 1.49. The van der Waals surface area contributed by atoms with Gasteiger partial charge in [-0.1, -0.05) is 0 Å². The normalized spacial score (nSPS) is 17.0. The molecule has 0 bridgehead atoms. The van der Waals surface area contributed by atoms with Crippen molar-refractivity contribution in [2.75, 3.05) is 6.61 Å². The van der Waals surface area contributed by atoms with Crippen LogP contribution >= 0.6 is 7.28 Å². The Hall–Kier alpha value is -0.550. The second-order valence-corrected chi connectivity index (χ2v) is 11.0. The maximum atomic E-state index is 10.6. The molecule has 5 N–H and O–H groups in total. The molecule has 0 heterocycles. The molecule has 1 unspecified atom stereocenters. The van der Waals surface area contributed by atoms with Gasteiger partial charge in [0.2, 0.25) is 0 Å². The van der Waals surface area contributed by atoms with Crippen molar-refractivity contribution < 1.29 is 24.9 Å². The summed E-state index contributed by atoms with van der Waals surface area (Å²) in [5.74, 6) is -2.03. The molecule has 0 saturated carbocycles. The average molecular weight is 332 g/mol. The third-order valence-electron chi connectivity index (χ3n) is 3.79. The van der Waals surface area contributed by atoms with Gasteiger partial charge in [-0.3, -0.25) is 0 Å². The maximum absolute atomic E-state index is 10.6. The second kappa shape index (κ2) is 5.52. The van der Waals surface area contributed by atoms with E-state index in [1.54, 1.807) is 18.2 Å². The van der Waals surface area contributed by atoms with Gasteiger partial charge in [-0.25, -0.2) is 0 Å². The first-order valence-electron chi connectivity index (χ1n) is 7.31. The minimum atomic E-state index is -5.68. The van der Waals surface area contributed by atoms with Crippen LogP contribution in [0, 0.1) is 0 Å². The van der Waals surface area contributed by atoms with Crippen molar-refractivity contribution in [2.24, 2.45) is 0 Å². The second-order valence-electron chi connectivity index (χ2n) is 7.91. The number of hydrogen-bond donors (Lipinski definition) is 5. The minimum absolute atomic E-state index is 0.0462. The van der Waals surface area contributed by atoms with Crippen molar-refractivity contribution in [3.05, 3.63) is 29.3 Å². The van der Waals surface area contributed by atoms with Gasteiger partial charge in [0.15, 0.2) is 0 Å². The van der Waals surface area contributed by atoms with Gasteiger partial charge in [0.25, 0.3) is 0 Å². The average Bonchev–Trinajstić information content (AvgIpc) is 2.34. The fraction of sp³-hybridized carbons (Fsp3) is 0.625. The molecule has 5 nitrogen and oxygen atoms in total. The van der Waals surface area contributed by atoms with E-state index < -0.39 is 30.6 Å². The fourth-order valence-electron chi connectivity index (χ4n) is 2.52. The molecular weight excluding hydrogens is 303 g/mol. The molecule has 0 saturated heterocycles. The standard InChI is InChI=1S/C16H29O5P/c1-15(2,3)11-8-7-9-12(16(4,5)6)14(11)22(19,20,21)13(18)10-17/h7-9,13,17-21H,10H2,1-6H3. The monoisotopic (exact) mass is 332 g/mol. The van der Waals surface area contributed by atoms with Gasteiger partial charge >= 0.3 is 132 Å². The van der Waals surface area contributed by atoms with Crippen LogP contribution in [0.15, 0.2) is 18.2 Å². The summed E-state index contributed by atoms with van der Waals surface area (Å²) in [6.45, 7) is 10.4. The zero-order valence-corrected chi connectivity index (χ0v) is 15.1. The Morgan fingerprint density at radius 3 is 1.55 bits per heavy atom. The Balaban J connectivity index is 3.92. The van der Waals surface area contributed by atoms with Gasteiger partial charge in [0.05, 0.1) is 0 Å². The summed E-state index contributed by atoms with van der Waals surface area (Å²) in [7, 11) is -5.68. The predicted molar refractivity (Wildman–Crippen MR) is 90.1 cm³/mol. The van der Waals surface area contributed by atoms with Crippen molar-refractivity contribution in [2.45, 2.75) is 58.2 Å². The van der Waals surface area contributed by atoms with Gasteiger partial charge in [0, 0.05) is 0 Å². The van der Waals surface area contributed by atoms with Crippen LogP contribution in [0.3, 0.4) is 0 Å². The summed E-state index contributed by atoms with van der Waals surface area (Å²) in [6, 6.07) is 5.21. The van der Waals surface area contributed by atoms with Crippen molar-refractivity contribution in [3.63, 3.8) is 0 Å². The van der Waals surface area contributed by atoms with Crippen LogP contribution in [0.4, 0.5) is 0 Å². The Labute approximate surface area is 132 Å². The van der Waals surface area contributed by atoms with Crippen molar-refractivity contribution in [3.8, 4) is 0 Å². The molecule has 0 fully saturated rings. The first-order valence-corrected chi connectivity index (χ1v) is 9.47. The molecule has 0 spiro atoms. The van der Waals surface area contributed by atoms with Gasteiger partial charge in [-0.2, -0.15) is 0 Å². The summed E-state index contributed by atoms with van der Waals surface area (Å²) in [5.41, 5.74) is 0.113. The van der Waals surface area contributed by atoms with Gasteiger partial charge in [0.1, 0.15) is 0 Å². The number of rotatable bonds is 3. The topological polar surface area (TPSA) is 101 Å². The Morgan fingerprint density at radius 1 is 0.909 bits per heavy atom. The van der Waals surface area contributed by atoms with Crippen LogP contribution in [-0.4, -0.2) is 37.3 Å². The van der Waals surface area contributed by atoms with Crippen LogP contribution in [-0.2, 0) is 10.8 Å². The van der Waals surface area contributed by atoms with E-state index in [4.69, 9.17) is 0 Å². The van der Waals surface area contributed by atoms with E-state index in [0.717, 1.165) is 0 Å². The van der Waals surface area contributed by atoms with Crippen LogP contribution in [0.1, 0.15) is 52.7 Å². The van der Waals surface area contributed by atoms with Crippen molar-refractivity contribution in [1.82, 2.24) is 0 Å². The molecule has 1 atom stereocenters. The third-order valence-corrected chi connectivity index (χ3v) is 6.39. The molecule has 22 heavy (non-hydrogen) atoms. The number of aliphatic hydroxyl groups excluding tert-OH is 2. The summed E-state index contributed by atoms with van der Waals surface area (Å²) in [4.78, 5) is 31.9. The zero-order valence-electron chi connectivity index (χ0n) is 14.2. The molecule has 0 aliphatic rings. The van der Waals surface area contributed by atoms with E-state index in [1.807, 2.05) is 41.5 Å². The molecule has 6 heteroatoms. The molecular formula is C16H29O5P. The molecule has 1 aromatic rings. The summed E-state index contributed by atoms with van der Waals surface area (Å²) in [6.07, 6.45) is 0. The fourth-order valence-corrected chi connectivity index (χ4v) is 4.86. The molecule has 128 valence electrons. The first kappa shape index (κ1) is 19.5. The van der Waals surface area contributed by atoms with Crippen molar-refractivity contribution in [1.29, 1.82) is 0 Å². The number of hydrogen-bond acceptors (Lipinski definition) is 5. The van der Waals surface area contributed by atoms with E-state index >= 15 is 0 Å². The van der Waals surface area contributed by atoms with Crippen LogP contribution in [0.2, 0.25) is 0 Å². The first-order chi connectivity index (χ1) is 9.61. The van der Waals surface area contributed by atoms with E-state index in [-0.39, 0.29) is 5.30 Å². The molecule has 1 rings (SSSR count). The number of aliphatic hydroxyl groups is 2. The van der Waals surface area contributed by atoms with Crippen molar-refractivity contribution >= 4 is 12.6 Å². The van der Waals surface area contributed by atoms with E-state index in [2.05, 4.69) is 0 Å². The van der Waals surface area contributed by atoms with Gasteiger partial charge < -0.3 is 0 Å². The SMILES string of the molecule is CC(C)(C)c1cccc(C(C)(C)C)c1P(O)(O)(O)C(O)CO. The Bertz CT molecular complexity index is 514. The van der Waals surface area contributed by atoms with Gasteiger partial charge in [-0.15, -0.1) is 0 Å². The quantitative estimate of drug-likeness (QED) is 0.540. The molecule has 0 aromatic heterocycles. The van der Waals surface area contributed by atoms with Gasteiger partial charge in [-0.05, 0) is 0 Å². The molecule has 0 radical (unpaired) electrons. The third kappa shape index (κ3) is 3.51. The van der Waals surface area contributed by atoms with Crippen LogP contribution in [0.25, 0.3) is 0 Å². The Kier molecular flexibility index (Phi) is 4.89. The van der Waals surface area contributed by atoms with E-state index in [0.29, 0.717) is 11.1 Å². The van der Waals surface area contributed by atoms with Crippen LogP contribution < -0.4 is 5.30 Å². The Morgan fingerprint density at radius 2 is 1.27 bits per heavy atom. The number of benzene rings is 1. The summed E-state index contributed by atoms with van der Waals surface area (Å²) >= 11 is 0.